The van der Waals surface area contributed by atoms with Crippen LogP contribution in [0.25, 0.3) is 0 Å². The molecule has 0 radical (unpaired) electrons. The van der Waals surface area contributed by atoms with Gasteiger partial charge in [-0.2, -0.15) is 0 Å². The molecule has 0 saturated carbocycles. The van der Waals surface area contributed by atoms with Crippen molar-refractivity contribution in [3.8, 4) is 0 Å². The van der Waals surface area contributed by atoms with Gasteiger partial charge in [0.1, 0.15) is 0 Å². The van der Waals surface area contributed by atoms with E-state index in [1.54, 1.807) is 5.57 Å². The molecule has 1 heteroatoms. The third kappa shape index (κ3) is 2.70. The van der Waals surface area contributed by atoms with Crippen molar-refractivity contribution in [3.05, 3.63) is 23.3 Å². The Morgan fingerprint density at radius 2 is 2.31 bits per heavy atom. The largest absolute Gasteiger partial charge is 0.324 e. The van der Waals surface area contributed by atoms with Crippen molar-refractivity contribution in [2.24, 2.45) is 5.73 Å². The second-order valence-electron chi connectivity index (χ2n) is 3.81. The first-order valence-corrected chi connectivity index (χ1v) is 5.39. The van der Waals surface area contributed by atoms with E-state index < -0.39 is 0 Å². The first-order chi connectivity index (χ1) is 6.29. The standard InChI is InChI=1S/C12H21N/c1-3-6-10-8-5-9-12(13)11(10)7-4-2/h4,7,12H,3,5-6,8-9,13H2,1-2H3/b7-4-. The van der Waals surface area contributed by atoms with Crippen molar-refractivity contribution in [1.82, 2.24) is 0 Å². The molecule has 0 spiro atoms. The minimum atomic E-state index is 0.298. The van der Waals surface area contributed by atoms with Crippen molar-refractivity contribution in [1.29, 1.82) is 0 Å². The van der Waals surface area contributed by atoms with Crippen LogP contribution in [0.5, 0.6) is 0 Å². The van der Waals surface area contributed by atoms with Gasteiger partial charge in [-0.25, -0.2) is 0 Å². The summed E-state index contributed by atoms with van der Waals surface area (Å²) >= 11 is 0. The van der Waals surface area contributed by atoms with E-state index >= 15 is 0 Å². The molecule has 1 aliphatic rings. The van der Waals surface area contributed by atoms with Crippen molar-refractivity contribution < 1.29 is 0 Å². The second-order valence-corrected chi connectivity index (χ2v) is 3.81. The minimum absolute atomic E-state index is 0.298. The van der Waals surface area contributed by atoms with E-state index in [1.807, 2.05) is 0 Å². The molecule has 1 nitrogen and oxygen atoms in total. The Morgan fingerprint density at radius 1 is 1.54 bits per heavy atom. The summed E-state index contributed by atoms with van der Waals surface area (Å²) < 4.78 is 0. The van der Waals surface area contributed by atoms with Crippen LogP contribution in [-0.2, 0) is 0 Å². The zero-order valence-electron chi connectivity index (χ0n) is 8.84. The van der Waals surface area contributed by atoms with Gasteiger partial charge in [0.25, 0.3) is 0 Å². The van der Waals surface area contributed by atoms with Crippen molar-refractivity contribution in [3.63, 3.8) is 0 Å². The van der Waals surface area contributed by atoms with Crippen LogP contribution in [0.4, 0.5) is 0 Å². The molecule has 0 saturated heterocycles. The first kappa shape index (κ1) is 10.5. The van der Waals surface area contributed by atoms with E-state index in [0.717, 1.165) is 6.42 Å². The predicted octanol–water partition coefficient (Wildman–Crippen LogP) is 3.17. The van der Waals surface area contributed by atoms with Crippen LogP contribution < -0.4 is 5.73 Å². The fraction of sp³-hybridized carbons (Fsp3) is 0.667. The Kier molecular flexibility index (Phi) is 4.23. The van der Waals surface area contributed by atoms with Crippen LogP contribution in [0.3, 0.4) is 0 Å². The molecule has 0 amide bonds. The second kappa shape index (κ2) is 5.23. The van der Waals surface area contributed by atoms with E-state index in [9.17, 15) is 0 Å². The summed E-state index contributed by atoms with van der Waals surface area (Å²) in [4.78, 5) is 0. The van der Waals surface area contributed by atoms with E-state index in [0.29, 0.717) is 6.04 Å². The Bertz CT molecular complexity index is 213. The van der Waals surface area contributed by atoms with Gasteiger partial charge in [-0.15, -0.1) is 0 Å². The lowest BCUT2D eigenvalue weighted by Gasteiger charge is -2.24. The Hall–Kier alpha value is -0.560. The van der Waals surface area contributed by atoms with Crippen LogP contribution >= 0.6 is 0 Å². The molecule has 1 aliphatic carbocycles. The third-order valence-electron chi connectivity index (χ3n) is 2.70. The van der Waals surface area contributed by atoms with Crippen LogP contribution in [0, 0.1) is 0 Å². The van der Waals surface area contributed by atoms with Crippen molar-refractivity contribution in [2.45, 2.75) is 52.0 Å². The highest BCUT2D eigenvalue weighted by molar-refractivity contribution is 5.32. The summed E-state index contributed by atoms with van der Waals surface area (Å²) in [5.41, 5.74) is 9.09. The van der Waals surface area contributed by atoms with Gasteiger partial charge in [-0.1, -0.05) is 31.1 Å². The van der Waals surface area contributed by atoms with E-state index in [2.05, 4.69) is 26.0 Å². The summed E-state index contributed by atoms with van der Waals surface area (Å²) in [6, 6.07) is 0.298. The summed E-state index contributed by atoms with van der Waals surface area (Å²) in [6.45, 7) is 4.30. The molecule has 0 aromatic rings. The number of allylic oxidation sites excluding steroid dienone is 2. The fourth-order valence-corrected chi connectivity index (χ4v) is 2.09. The van der Waals surface area contributed by atoms with Gasteiger partial charge >= 0.3 is 0 Å². The molecular weight excluding hydrogens is 158 g/mol. The number of hydrogen-bond acceptors (Lipinski definition) is 1. The third-order valence-corrected chi connectivity index (χ3v) is 2.70. The highest BCUT2D eigenvalue weighted by Crippen LogP contribution is 2.27. The maximum atomic E-state index is 6.08. The predicted molar refractivity (Wildman–Crippen MR) is 58.6 cm³/mol. The first-order valence-electron chi connectivity index (χ1n) is 5.39. The Labute approximate surface area is 81.7 Å². The monoisotopic (exact) mass is 179 g/mol. The van der Waals surface area contributed by atoms with Gasteiger partial charge in [0.05, 0.1) is 0 Å². The molecule has 1 rings (SSSR count). The van der Waals surface area contributed by atoms with Gasteiger partial charge in [-0.05, 0) is 38.2 Å². The van der Waals surface area contributed by atoms with Gasteiger partial charge in [0.15, 0.2) is 0 Å². The molecule has 13 heavy (non-hydrogen) atoms. The molecule has 0 bridgehead atoms. The van der Waals surface area contributed by atoms with Crippen LogP contribution in [0.2, 0.25) is 0 Å². The van der Waals surface area contributed by atoms with Gasteiger partial charge in [0, 0.05) is 6.04 Å². The Morgan fingerprint density at radius 3 is 2.92 bits per heavy atom. The molecule has 0 aromatic heterocycles. The van der Waals surface area contributed by atoms with E-state index in [-0.39, 0.29) is 0 Å². The van der Waals surface area contributed by atoms with Gasteiger partial charge in [-0.3, -0.25) is 0 Å². The maximum absolute atomic E-state index is 6.08. The minimum Gasteiger partial charge on any atom is -0.324 e. The SMILES string of the molecule is C/C=C\C1=C(CCC)CCCC1N. The maximum Gasteiger partial charge on any atom is 0.0294 e. The average molecular weight is 179 g/mol. The highest BCUT2D eigenvalue weighted by atomic mass is 14.6. The van der Waals surface area contributed by atoms with Gasteiger partial charge in [0.2, 0.25) is 0 Å². The lowest BCUT2D eigenvalue weighted by Crippen LogP contribution is -2.26. The fourth-order valence-electron chi connectivity index (χ4n) is 2.09. The molecule has 0 heterocycles. The van der Waals surface area contributed by atoms with Crippen LogP contribution in [0.15, 0.2) is 23.3 Å². The molecule has 0 aromatic carbocycles. The normalized spacial score (nSPS) is 24.4. The number of rotatable bonds is 3. The smallest absolute Gasteiger partial charge is 0.0294 e. The summed E-state index contributed by atoms with van der Waals surface area (Å²) in [5.74, 6) is 0. The van der Waals surface area contributed by atoms with Crippen molar-refractivity contribution in [2.75, 3.05) is 0 Å². The number of hydrogen-bond donors (Lipinski definition) is 1. The molecule has 74 valence electrons. The molecule has 2 N–H and O–H groups in total. The highest BCUT2D eigenvalue weighted by Gasteiger charge is 2.16. The lowest BCUT2D eigenvalue weighted by molar-refractivity contribution is 0.587. The topological polar surface area (TPSA) is 26.0 Å². The molecule has 0 fully saturated rings. The van der Waals surface area contributed by atoms with E-state index in [1.165, 1.54) is 31.3 Å². The molecule has 0 aliphatic heterocycles. The molecule has 1 unspecified atom stereocenters. The van der Waals surface area contributed by atoms with Crippen LogP contribution in [-0.4, -0.2) is 6.04 Å². The summed E-state index contributed by atoms with van der Waals surface area (Å²) in [7, 11) is 0. The zero-order chi connectivity index (χ0) is 9.68. The quantitative estimate of drug-likeness (QED) is 0.707. The number of nitrogens with two attached hydrogens (primary N) is 1. The summed E-state index contributed by atoms with van der Waals surface area (Å²) in [5, 5.41) is 0. The molecule has 1 atom stereocenters. The van der Waals surface area contributed by atoms with E-state index in [4.69, 9.17) is 5.73 Å². The average Bonchev–Trinajstić information content (AvgIpc) is 2.11. The van der Waals surface area contributed by atoms with Gasteiger partial charge < -0.3 is 5.73 Å². The Balaban J connectivity index is 2.83. The lowest BCUT2D eigenvalue weighted by atomic mass is 9.86. The van der Waals surface area contributed by atoms with Crippen LogP contribution in [0.1, 0.15) is 46.0 Å². The molecular formula is C12H21N. The zero-order valence-corrected chi connectivity index (χ0v) is 8.84. The van der Waals surface area contributed by atoms with Crippen molar-refractivity contribution >= 4 is 0 Å². The summed E-state index contributed by atoms with van der Waals surface area (Å²) in [6.07, 6.45) is 10.5.